The molecule has 3 aromatic rings. The van der Waals surface area contributed by atoms with Crippen LogP contribution in [0.2, 0.25) is 0 Å². The van der Waals surface area contributed by atoms with Crippen molar-refractivity contribution in [1.82, 2.24) is 19.6 Å². The molecule has 4 nitrogen and oxygen atoms in total. The SMILES string of the molecule is Cc1ccc(C2(c3nnc4c(C5CC5)nccn34)CCC2)cc1. The van der Waals surface area contributed by atoms with Crippen LogP contribution in [0.5, 0.6) is 0 Å². The number of hydrogen-bond donors (Lipinski definition) is 0. The fourth-order valence-electron chi connectivity index (χ4n) is 3.86. The zero-order chi connectivity index (χ0) is 15.4. The molecule has 4 heteroatoms. The molecule has 0 aliphatic heterocycles. The van der Waals surface area contributed by atoms with Gasteiger partial charge in [0.05, 0.1) is 11.1 Å². The van der Waals surface area contributed by atoms with Crippen molar-refractivity contribution in [2.75, 3.05) is 0 Å². The molecule has 2 fully saturated rings. The lowest BCUT2D eigenvalue weighted by atomic mass is 9.64. The average molecular weight is 304 g/mol. The summed E-state index contributed by atoms with van der Waals surface area (Å²) in [6.07, 6.45) is 9.97. The first kappa shape index (κ1) is 13.2. The van der Waals surface area contributed by atoms with Crippen molar-refractivity contribution in [3.05, 3.63) is 59.3 Å². The van der Waals surface area contributed by atoms with E-state index in [1.54, 1.807) is 0 Å². The Hall–Kier alpha value is -2.23. The molecule has 0 spiro atoms. The van der Waals surface area contributed by atoms with Gasteiger partial charge in [-0.1, -0.05) is 36.2 Å². The number of nitrogens with zero attached hydrogens (tertiary/aromatic N) is 4. The van der Waals surface area contributed by atoms with E-state index in [1.165, 1.54) is 30.4 Å². The number of aryl methyl sites for hydroxylation is 1. The number of fused-ring (bicyclic) bond motifs is 1. The van der Waals surface area contributed by atoms with E-state index >= 15 is 0 Å². The predicted octanol–water partition coefficient (Wildman–Crippen LogP) is 3.78. The number of hydrogen-bond acceptors (Lipinski definition) is 3. The van der Waals surface area contributed by atoms with E-state index in [1.807, 2.05) is 12.4 Å². The maximum absolute atomic E-state index is 4.63. The normalized spacial score (nSPS) is 19.7. The maximum atomic E-state index is 4.63. The Morgan fingerprint density at radius 3 is 2.52 bits per heavy atom. The first-order valence-electron chi connectivity index (χ1n) is 8.55. The van der Waals surface area contributed by atoms with Crippen molar-refractivity contribution < 1.29 is 0 Å². The third-order valence-electron chi connectivity index (χ3n) is 5.56. The molecule has 2 aliphatic carbocycles. The van der Waals surface area contributed by atoms with E-state index in [4.69, 9.17) is 0 Å². The average Bonchev–Trinajstić information content (AvgIpc) is 3.28. The maximum Gasteiger partial charge on any atom is 0.182 e. The standard InChI is InChI=1S/C19H20N4/c1-13-3-7-15(8-4-13)19(9-2-10-19)18-22-21-17-16(14-5-6-14)20-11-12-23(17)18/h3-4,7-8,11-12,14H,2,5-6,9-10H2,1H3. The van der Waals surface area contributed by atoms with Gasteiger partial charge < -0.3 is 0 Å². The molecule has 2 heterocycles. The van der Waals surface area contributed by atoms with Gasteiger partial charge in [0.15, 0.2) is 5.65 Å². The van der Waals surface area contributed by atoms with Gasteiger partial charge >= 0.3 is 0 Å². The first-order valence-corrected chi connectivity index (χ1v) is 8.55. The van der Waals surface area contributed by atoms with Crippen LogP contribution in [0.3, 0.4) is 0 Å². The molecule has 0 N–H and O–H groups in total. The largest absolute Gasteiger partial charge is 0.283 e. The Morgan fingerprint density at radius 1 is 1.09 bits per heavy atom. The molecule has 0 atom stereocenters. The van der Waals surface area contributed by atoms with Crippen LogP contribution in [0.25, 0.3) is 5.65 Å². The van der Waals surface area contributed by atoms with Gasteiger partial charge in [0.25, 0.3) is 0 Å². The molecule has 0 saturated heterocycles. The van der Waals surface area contributed by atoms with Crippen molar-refractivity contribution in [1.29, 1.82) is 0 Å². The lowest BCUT2D eigenvalue weighted by Crippen LogP contribution is -2.37. The van der Waals surface area contributed by atoms with Crippen LogP contribution in [0.4, 0.5) is 0 Å². The smallest absolute Gasteiger partial charge is 0.182 e. The lowest BCUT2D eigenvalue weighted by molar-refractivity contribution is 0.283. The number of aromatic nitrogens is 4. The Morgan fingerprint density at radius 2 is 1.87 bits per heavy atom. The Bertz CT molecular complexity index is 870. The second kappa shape index (κ2) is 4.63. The van der Waals surface area contributed by atoms with Gasteiger partial charge in [0.2, 0.25) is 0 Å². The second-order valence-corrected chi connectivity index (χ2v) is 7.11. The summed E-state index contributed by atoms with van der Waals surface area (Å²) in [5.41, 5.74) is 4.78. The van der Waals surface area contributed by atoms with Crippen molar-refractivity contribution in [3.8, 4) is 0 Å². The van der Waals surface area contributed by atoms with E-state index in [2.05, 4.69) is 50.8 Å². The topological polar surface area (TPSA) is 43.1 Å². The summed E-state index contributed by atoms with van der Waals surface area (Å²) in [6, 6.07) is 8.93. The van der Waals surface area contributed by atoms with Gasteiger partial charge in [-0.25, -0.2) is 0 Å². The van der Waals surface area contributed by atoms with E-state index < -0.39 is 0 Å². The number of benzene rings is 1. The van der Waals surface area contributed by atoms with E-state index in [9.17, 15) is 0 Å². The van der Waals surface area contributed by atoms with Crippen LogP contribution < -0.4 is 0 Å². The van der Waals surface area contributed by atoms with E-state index in [0.717, 1.165) is 30.0 Å². The van der Waals surface area contributed by atoms with E-state index in [-0.39, 0.29) is 5.41 Å². The highest BCUT2D eigenvalue weighted by molar-refractivity contribution is 5.49. The summed E-state index contributed by atoms with van der Waals surface area (Å²) >= 11 is 0. The summed E-state index contributed by atoms with van der Waals surface area (Å²) in [5, 5.41) is 9.15. The van der Waals surface area contributed by atoms with Gasteiger partial charge in [-0.3, -0.25) is 9.38 Å². The Kier molecular flexibility index (Phi) is 2.67. The van der Waals surface area contributed by atoms with Crippen LogP contribution in [0.1, 0.15) is 60.7 Å². The molecule has 1 aromatic carbocycles. The van der Waals surface area contributed by atoms with Gasteiger partial charge in [-0.2, -0.15) is 0 Å². The van der Waals surface area contributed by atoms with Gasteiger partial charge in [-0.15, -0.1) is 10.2 Å². The van der Waals surface area contributed by atoms with Crippen LogP contribution in [0.15, 0.2) is 36.7 Å². The first-order chi connectivity index (χ1) is 11.3. The fourth-order valence-corrected chi connectivity index (χ4v) is 3.86. The molecule has 0 unspecified atom stereocenters. The predicted molar refractivity (Wildman–Crippen MR) is 88.6 cm³/mol. The van der Waals surface area contributed by atoms with E-state index in [0.29, 0.717) is 5.92 Å². The quantitative estimate of drug-likeness (QED) is 0.739. The van der Waals surface area contributed by atoms with Crippen LogP contribution in [0, 0.1) is 6.92 Å². The minimum Gasteiger partial charge on any atom is -0.283 e. The molecular weight excluding hydrogens is 284 g/mol. The highest BCUT2D eigenvalue weighted by Gasteiger charge is 2.44. The minimum atomic E-state index is 0.0231. The summed E-state index contributed by atoms with van der Waals surface area (Å²) in [7, 11) is 0. The molecule has 116 valence electrons. The monoisotopic (exact) mass is 304 g/mol. The third kappa shape index (κ3) is 1.87. The third-order valence-corrected chi connectivity index (χ3v) is 5.56. The molecule has 2 saturated carbocycles. The molecular formula is C19H20N4. The molecule has 0 radical (unpaired) electrons. The minimum absolute atomic E-state index is 0.0231. The summed E-state index contributed by atoms with van der Waals surface area (Å²) in [6.45, 7) is 2.14. The van der Waals surface area contributed by atoms with Crippen molar-refractivity contribution >= 4 is 5.65 Å². The molecule has 0 bridgehead atoms. The van der Waals surface area contributed by atoms with Crippen LogP contribution in [-0.2, 0) is 5.41 Å². The van der Waals surface area contributed by atoms with Gasteiger partial charge in [0, 0.05) is 18.3 Å². The lowest BCUT2D eigenvalue weighted by Gasteiger charge is -2.40. The zero-order valence-corrected chi connectivity index (χ0v) is 13.4. The van der Waals surface area contributed by atoms with Crippen molar-refractivity contribution in [2.45, 2.75) is 50.4 Å². The number of rotatable bonds is 3. The summed E-state index contributed by atoms with van der Waals surface area (Å²) in [5.74, 6) is 1.68. The molecule has 5 rings (SSSR count). The molecule has 23 heavy (non-hydrogen) atoms. The Balaban J connectivity index is 1.69. The molecule has 2 aliphatic rings. The van der Waals surface area contributed by atoms with Crippen LogP contribution >= 0.6 is 0 Å². The van der Waals surface area contributed by atoms with Crippen molar-refractivity contribution in [2.24, 2.45) is 0 Å². The fraction of sp³-hybridized carbons (Fsp3) is 0.421. The Labute approximate surface area is 135 Å². The molecule has 0 amide bonds. The summed E-state index contributed by atoms with van der Waals surface area (Å²) < 4.78 is 2.19. The highest BCUT2D eigenvalue weighted by atomic mass is 15.3. The van der Waals surface area contributed by atoms with Crippen LogP contribution in [-0.4, -0.2) is 19.6 Å². The highest BCUT2D eigenvalue weighted by Crippen LogP contribution is 2.49. The van der Waals surface area contributed by atoms with Gasteiger partial charge in [-0.05, 0) is 38.2 Å². The molecule has 2 aromatic heterocycles. The second-order valence-electron chi connectivity index (χ2n) is 7.11. The zero-order valence-electron chi connectivity index (χ0n) is 13.4. The van der Waals surface area contributed by atoms with Crippen molar-refractivity contribution in [3.63, 3.8) is 0 Å². The van der Waals surface area contributed by atoms with Gasteiger partial charge in [0.1, 0.15) is 5.82 Å². The summed E-state index contributed by atoms with van der Waals surface area (Å²) in [4.78, 5) is 4.57.